The molecule has 1 N–H and O–H groups in total. The van der Waals surface area contributed by atoms with Gasteiger partial charge in [-0.05, 0) is 18.2 Å². The van der Waals surface area contributed by atoms with Crippen LogP contribution in [-0.4, -0.2) is 28.1 Å². The first-order valence-corrected chi connectivity index (χ1v) is 7.52. The number of amides is 2. The van der Waals surface area contributed by atoms with Crippen LogP contribution in [0.5, 0.6) is 0 Å². The highest BCUT2D eigenvalue weighted by molar-refractivity contribution is 6.03. The van der Waals surface area contributed by atoms with Crippen LogP contribution >= 0.6 is 0 Å². The summed E-state index contributed by atoms with van der Waals surface area (Å²) in [6, 6.07) is 6.13. The number of benzene rings is 1. The number of rotatable bonds is 3. The lowest BCUT2D eigenvalue weighted by atomic mass is 10.1. The lowest BCUT2D eigenvalue weighted by molar-refractivity contribution is -0.137. The van der Waals surface area contributed by atoms with Gasteiger partial charge < -0.3 is 10.2 Å². The molecule has 0 spiro atoms. The van der Waals surface area contributed by atoms with E-state index in [2.05, 4.69) is 10.4 Å². The molecule has 25 heavy (non-hydrogen) atoms. The SMILES string of the molecule is Cn1ccc(NC(=O)C2CC(=O)N(c3cccc(C(F)(F)F)c3)C2)n1. The molecule has 132 valence electrons. The minimum Gasteiger partial charge on any atom is -0.312 e. The number of alkyl halides is 3. The van der Waals surface area contributed by atoms with Gasteiger partial charge >= 0.3 is 6.18 Å². The number of aromatic nitrogens is 2. The van der Waals surface area contributed by atoms with Gasteiger partial charge in [-0.1, -0.05) is 6.07 Å². The molecule has 2 amide bonds. The van der Waals surface area contributed by atoms with Crippen molar-refractivity contribution in [3.8, 4) is 0 Å². The summed E-state index contributed by atoms with van der Waals surface area (Å²) in [6.07, 6.45) is -2.90. The van der Waals surface area contributed by atoms with E-state index >= 15 is 0 Å². The van der Waals surface area contributed by atoms with E-state index in [4.69, 9.17) is 0 Å². The van der Waals surface area contributed by atoms with E-state index in [-0.39, 0.29) is 30.5 Å². The van der Waals surface area contributed by atoms with Crippen LogP contribution in [0.25, 0.3) is 0 Å². The zero-order valence-corrected chi connectivity index (χ0v) is 13.2. The smallest absolute Gasteiger partial charge is 0.312 e. The highest BCUT2D eigenvalue weighted by Crippen LogP contribution is 2.33. The normalized spacial score (nSPS) is 17.8. The average molecular weight is 352 g/mol. The lowest BCUT2D eigenvalue weighted by Crippen LogP contribution is -2.28. The molecule has 1 fully saturated rings. The van der Waals surface area contributed by atoms with E-state index in [1.54, 1.807) is 19.3 Å². The molecular weight excluding hydrogens is 337 g/mol. The maximum absolute atomic E-state index is 12.8. The summed E-state index contributed by atoms with van der Waals surface area (Å²) < 4.78 is 40.0. The average Bonchev–Trinajstić information content (AvgIpc) is 3.12. The van der Waals surface area contributed by atoms with Gasteiger partial charge in [0.15, 0.2) is 5.82 Å². The van der Waals surface area contributed by atoms with Crippen molar-refractivity contribution >= 4 is 23.3 Å². The predicted molar refractivity (Wildman–Crippen MR) is 83.7 cm³/mol. The van der Waals surface area contributed by atoms with Gasteiger partial charge in [0.1, 0.15) is 0 Å². The van der Waals surface area contributed by atoms with E-state index in [1.807, 2.05) is 0 Å². The number of nitrogens with zero attached hydrogens (tertiary/aromatic N) is 3. The largest absolute Gasteiger partial charge is 0.416 e. The zero-order chi connectivity index (χ0) is 18.2. The fourth-order valence-corrected chi connectivity index (χ4v) is 2.69. The van der Waals surface area contributed by atoms with Crippen LogP contribution in [-0.2, 0) is 22.8 Å². The molecule has 1 saturated heterocycles. The number of anilines is 2. The first-order valence-electron chi connectivity index (χ1n) is 7.52. The van der Waals surface area contributed by atoms with E-state index in [1.165, 1.54) is 21.7 Å². The van der Waals surface area contributed by atoms with Crippen molar-refractivity contribution in [3.63, 3.8) is 0 Å². The second-order valence-electron chi connectivity index (χ2n) is 5.82. The third-order valence-corrected chi connectivity index (χ3v) is 3.95. The van der Waals surface area contributed by atoms with Gasteiger partial charge in [-0.2, -0.15) is 18.3 Å². The molecular formula is C16H15F3N4O2. The van der Waals surface area contributed by atoms with Crippen molar-refractivity contribution in [1.29, 1.82) is 0 Å². The first-order chi connectivity index (χ1) is 11.7. The Kier molecular flexibility index (Phi) is 4.23. The van der Waals surface area contributed by atoms with Crippen LogP contribution in [0.2, 0.25) is 0 Å². The van der Waals surface area contributed by atoms with Crippen molar-refractivity contribution < 1.29 is 22.8 Å². The van der Waals surface area contributed by atoms with E-state index in [0.717, 1.165) is 12.1 Å². The number of hydrogen-bond donors (Lipinski definition) is 1. The van der Waals surface area contributed by atoms with Gasteiger partial charge in [0.05, 0.1) is 11.5 Å². The maximum Gasteiger partial charge on any atom is 0.416 e. The van der Waals surface area contributed by atoms with Crippen LogP contribution in [0.1, 0.15) is 12.0 Å². The van der Waals surface area contributed by atoms with Crippen LogP contribution in [0.4, 0.5) is 24.7 Å². The Morgan fingerprint density at radius 2 is 2.08 bits per heavy atom. The number of hydrogen-bond acceptors (Lipinski definition) is 3. The topological polar surface area (TPSA) is 67.2 Å². The van der Waals surface area contributed by atoms with Gasteiger partial charge in [0.25, 0.3) is 0 Å². The molecule has 6 nitrogen and oxygen atoms in total. The molecule has 0 saturated carbocycles. The molecule has 1 aliphatic heterocycles. The van der Waals surface area contributed by atoms with Gasteiger partial charge in [-0.25, -0.2) is 0 Å². The molecule has 2 heterocycles. The maximum atomic E-state index is 12.8. The standard InChI is InChI=1S/C16H15F3N4O2/c1-22-6-5-13(21-22)20-15(25)10-7-14(24)23(9-10)12-4-2-3-11(8-12)16(17,18)19/h2-6,8,10H,7,9H2,1H3,(H,20,21,25). The summed E-state index contributed by atoms with van der Waals surface area (Å²) in [5, 5.41) is 6.62. The van der Waals surface area contributed by atoms with Crippen molar-refractivity contribution in [2.45, 2.75) is 12.6 Å². The van der Waals surface area contributed by atoms with Gasteiger partial charge in [0, 0.05) is 38.0 Å². The van der Waals surface area contributed by atoms with Crippen LogP contribution in [0.15, 0.2) is 36.5 Å². The molecule has 1 atom stereocenters. The monoisotopic (exact) mass is 352 g/mol. The van der Waals surface area contributed by atoms with Crippen molar-refractivity contribution in [3.05, 3.63) is 42.1 Å². The van der Waals surface area contributed by atoms with Crippen LogP contribution in [0.3, 0.4) is 0 Å². The van der Waals surface area contributed by atoms with Crippen LogP contribution in [0, 0.1) is 5.92 Å². The summed E-state index contributed by atoms with van der Waals surface area (Å²) >= 11 is 0. The van der Waals surface area contributed by atoms with Gasteiger partial charge in [-0.3, -0.25) is 14.3 Å². The third kappa shape index (κ3) is 3.65. The summed E-state index contributed by atoms with van der Waals surface area (Å²) in [5.41, 5.74) is -0.702. The molecule has 1 unspecified atom stereocenters. The molecule has 0 aliphatic carbocycles. The van der Waals surface area contributed by atoms with Crippen molar-refractivity contribution in [2.24, 2.45) is 13.0 Å². The fourth-order valence-electron chi connectivity index (χ4n) is 2.69. The quantitative estimate of drug-likeness (QED) is 0.923. The van der Waals surface area contributed by atoms with E-state index in [0.29, 0.717) is 5.82 Å². The molecule has 0 bridgehead atoms. The summed E-state index contributed by atoms with van der Waals surface area (Å²) in [7, 11) is 1.70. The Hall–Kier alpha value is -2.84. The number of halogens is 3. The lowest BCUT2D eigenvalue weighted by Gasteiger charge is -2.18. The van der Waals surface area contributed by atoms with Crippen LogP contribution < -0.4 is 10.2 Å². The molecule has 2 aromatic rings. The van der Waals surface area contributed by atoms with Gasteiger partial charge in [-0.15, -0.1) is 0 Å². The van der Waals surface area contributed by atoms with E-state index in [9.17, 15) is 22.8 Å². The summed E-state index contributed by atoms with van der Waals surface area (Å²) in [5.74, 6) is -1.07. The second-order valence-corrected chi connectivity index (χ2v) is 5.82. The molecule has 1 aliphatic rings. The first kappa shape index (κ1) is 17.0. The van der Waals surface area contributed by atoms with E-state index < -0.39 is 17.7 Å². The Balaban J connectivity index is 1.73. The van der Waals surface area contributed by atoms with Crippen molar-refractivity contribution in [2.75, 3.05) is 16.8 Å². The Bertz CT molecular complexity index is 816. The Labute approximate surface area is 141 Å². The predicted octanol–water partition coefficient (Wildman–Crippen LogP) is 2.43. The number of carbonyl (C=O) groups excluding carboxylic acids is 2. The highest BCUT2D eigenvalue weighted by atomic mass is 19.4. The molecule has 9 heteroatoms. The molecule has 0 radical (unpaired) electrons. The Morgan fingerprint density at radius 3 is 2.72 bits per heavy atom. The number of aryl methyl sites for hydroxylation is 1. The second kappa shape index (κ2) is 6.23. The van der Waals surface area contributed by atoms with Crippen molar-refractivity contribution in [1.82, 2.24) is 9.78 Å². The minimum atomic E-state index is -4.49. The summed E-state index contributed by atoms with van der Waals surface area (Å²) in [4.78, 5) is 25.6. The zero-order valence-electron chi connectivity index (χ0n) is 13.2. The fraction of sp³-hybridized carbons (Fsp3) is 0.312. The number of nitrogens with one attached hydrogen (secondary N) is 1. The molecule has 1 aromatic carbocycles. The molecule has 1 aromatic heterocycles. The summed E-state index contributed by atoms with van der Waals surface area (Å²) in [6.45, 7) is 0.0266. The number of carbonyl (C=O) groups is 2. The van der Waals surface area contributed by atoms with Gasteiger partial charge in [0.2, 0.25) is 11.8 Å². The molecule has 3 rings (SSSR count). The minimum absolute atomic E-state index is 0.0266. The third-order valence-electron chi connectivity index (χ3n) is 3.95. The highest BCUT2D eigenvalue weighted by Gasteiger charge is 2.37. The Morgan fingerprint density at radius 1 is 1.32 bits per heavy atom.